The number of anilines is 1. The van der Waals surface area contributed by atoms with Gasteiger partial charge in [0.2, 0.25) is 0 Å². The molecule has 2 heterocycles. The molecule has 0 saturated heterocycles. The molecule has 1 amide bonds. The van der Waals surface area contributed by atoms with Crippen LogP contribution in [0.1, 0.15) is 26.4 Å². The maximum absolute atomic E-state index is 13.2. The number of pyridine rings is 1. The van der Waals surface area contributed by atoms with Crippen LogP contribution >= 0.6 is 0 Å². The Morgan fingerprint density at radius 2 is 1.79 bits per heavy atom. The summed E-state index contributed by atoms with van der Waals surface area (Å²) in [6.07, 6.45) is 1.97. The zero-order valence-electron chi connectivity index (χ0n) is 17.9. The number of aromatic nitrogens is 1. The molecule has 0 fully saturated rings. The van der Waals surface area contributed by atoms with Crippen LogP contribution in [0.4, 0.5) is 5.69 Å². The van der Waals surface area contributed by atoms with Crippen LogP contribution in [0.5, 0.6) is 5.75 Å². The molecule has 1 aliphatic rings. The molecule has 0 radical (unpaired) electrons. The molecule has 0 unspecified atom stereocenters. The molecule has 1 aromatic heterocycles. The Bertz CT molecular complexity index is 1340. The van der Waals surface area contributed by atoms with Crippen LogP contribution in [0.25, 0.3) is 11.1 Å². The highest BCUT2D eigenvalue weighted by Gasteiger charge is 2.23. The predicted molar refractivity (Wildman–Crippen MR) is 121 cm³/mol. The molecule has 10 heteroatoms. The van der Waals surface area contributed by atoms with E-state index in [4.69, 9.17) is 9.47 Å². The summed E-state index contributed by atoms with van der Waals surface area (Å²) < 4.78 is 38.9. The van der Waals surface area contributed by atoms with Crippen molar-refractivity contribution >= 4 is 27.6 Å². The van der Waals surface area contributed by atoms with Crippen LogP contribution in [-0.2, 0) is 21.2 Å². The van der Waals surface area contributed by atoms with Crippen LogP contribution in [0.3, 0.4) is 0 Å². The molecule has 0 spiro atoms. The molecular weight excluding hydrogens is 446 g/mol. The molecule has 0 saturated carbocycles. The molecule has 9 nitrogen and oxygen atoms in total. The Kier molecular flexibility index (Phi) is 6.01. The number of carbonyl (C=O) groups excluding carboxylic acids is 2. The van der Waals surface area contributed by atoms with Gasteiger partial charge in [0.1, 0.15) is 10.6 Å². The van der Waals surface area contributed by atoms with Crippen molar-refractivity contribution in [2.45, 2.75) is 11.3 Å². The summed E-state index contributed by atoms with van der Waals surface area (Å²) >= 11 is 0. The summed E-state index contributed by atoms with van der Waals surface area (Å²) in [6.45, 7) is 0.495. The van der Waals surface area contributed by atoms with Crippen molar-refractivity contribution < 1.29 is 27.5 Å². The fraction of sp³-hybridized carbons (Fsp3) is 0.174. The number of esters is 1. The number of ether oxygens (including phenoxy) is 2. The Balaban J connectivity index is 1.68. The second-order valence-corrected chi connectivity index (χ2v) is 8.92. The Morgan fingerprint density at radius 3 is 2.48 bits per heavy atom. The van der Waals surface area contributed by atoms with Gasteiger partial charge in [0.25, 0.3) is 15.9 Å². The first-order valence-corrected chi connectivity index (χ1v) is 11.5. The minimum Gasteiger partial charge on any atom is -0.495 e. The number of amides is 1. The summed E-state index contributed by atoms with van der Waals surface area (Å²) in [6, 6.07) is 12.8. The minimum absolute atomic E-state index is 0.0817. The summed E-state index contributed by atoms with van der Waals surface area (Å²) in [5, 5.41) is 2.71. The fourth-order valence-corrected chi connectivity index (χ4v) is 4.76. The van der Waals surface area contributed by atoms with Crippen LogP contribution in [0.2, 0.25) is 0 Å². The second-order valence-electron chi connectivity index (χ2n) is 7.26. The number of sulfonamides is 1. The van der Waals surface area contributed by atoms with E-state index in [2.05, 4.69) is 15.0 Å². The number of nitrogens with zero attached hydrogens (tertiary/aromatic N) is 1. The number of hydrogen-bond acceptors (Lipinski definition) is 7. The molecule has 2 aromatic carbocycles. The van der Waals surface area contributed by atoms with E-state index in [9.17, 15) is 18.0 Å². The normalized spacial score (nSPS) is 13.0. The maximum atomic E-state index is 13.2. The summed E-state index contributed by atoms with van der Waals surface area (Å²) in [5.74, 6) is -0.600. The average Bonchev–Trinajstić information content (AvgIpc) is 2.83. The van der Waals surface area contributed by atoms with Crippen molar-refractivity contribution in [2.24, 2.45) is 0 Å². The van der Waals surface area contributed by atoms with E-state index in [0.717, 1.165) is 0 Å². The van der Waals surface area contributed by atoms with E-state index in [1.165, 1.54) is 32.5 Å². The van der Waals surface area contributed by atoms with E-state index in [1.54, 1.807) is 36.4 Å². The number of rotatable bonds is 6. The van der Waals surface area contributed by atoms with Gasteiger partial charge in [0, 0.05) is 13.0 Å². The second kappa shape index (κ2) is 8.91. The molecule has 3 aromatic rings. The first-order valence-electron chi connectivity index (χ1n) is 9.99. The molecule has 0 bridgehead atoms. The van der Waals surface area contributed by atoms with Crippen molar-refractivity contribution in [1.29, 1.82) is 0 Å². The Morgan fingerprint density at radius 1 is 1.06 bits per heavy atom. The smallest absolute Gasteiger partial charge is 0.337 e. The van der Waals surface area contributed by atoms with Crippen molar-refractivity contribution in [3.8, 4) is 16.9 Å². The lowest BCUT2D eigenvalue weighted by molar-refractivity contribution is 0.0600. The third kappa shape index (κ3) is 4.51. The Hall–Kier alpha value is -3.92. The molecule has 2 N–H and O–H groups in total. The van der Waals surface area contributed by atoms with Gasteiger partial charge in [0.15, 0.2) is 0 Å². The average molecular weight is 468 g/mol. The quantitative estimate of drug-likeness (QED) is 0.534. The van der Waals surface area contributed by atoms with Gasteiger partial charge >= 0.3 is 5.97 Å². The van der Waals surface area contributed by atoms with Crippen molar-refractivity contribution in [1.82, 2.24) is 10.3 Å². The number of nitrogens with one attached hydrogen (secondary N) is 2. The van der Waals surface area contributed by atoms with Gasteiger partial charge in [-0.25, -0.2) is 13.2 Å². The summed E-state index contributed by atoms with van der Waals surface area (Å²) in [4.78, 5) is 27.9. The number of benzene rings is 2. The largest absolute Gasteiger partial charge is 0.495 e. The van der Waals surface area contributed by atoms with Crippen molar-refractivity contribution in [3.63, 3.8) is 0 Å². The third-order valence-electron chi connectivity index (χ3n) is 5.21. The van der Waals surface area contributed by atoms with Crippen LogP contribution in [0.15, 0.2) is 59.6 Å². The zero-order chi connectivity index (χ0) is 23.6. The van der Waals surface area contributed by atoms with Gasteiger partial charge < -0.3 is 14.8 Å². The van der Waals surface area contributed by atoms with E-state index < -0.39 is 16.0 Å². The number of carbonyl (C=O) groups is 2. The van der Waals surface area contributed by atoms with Gasteiger partial charge in [-0.3, -0.25) is 14.5 Å². The molecule has 0 aliphatic carbocycles. The number of fused-ring (bicyclic) bond motifs is 1. The van der Waals surface area contributed by atoms with Crippen molar-refractivity contribution in [2.75, 3.05) is 25.5 Å². The van der Waals surface area contributed by atoms with E-state index in [1.807, 2.05) is 0 Å². The highest BCUT2D eigenvalue weighted by Crippen LogP contribution is 2.31. The fourth-order valence-electron chi connectivity index (χ4n) is 3.53. The lowest BCUT2D eigenvalue weighted by atomic mass is 10.0. The van der Waals surface area contributed by atoms with Gasteiger partial charge in [-0.2, -0.15) is 0 Å². The Labute approximate surface area is 190 Å². The highest BCUT2D eigenvalue weighted by molar-refractivity contribution is 7.92. The number of methoxy groups -OCH3 is 2. The van der Waals surface area contributed by atoms with Crippen LogP contribution < -0.4 is 14.8 Å². The lowest BCUT2D eigenvalue weighted by Crippen LogP contribution is -2.32. The molecule has 33 heavy (non-hydrogen) atoms. The van der Waals surface area contributed by atoms with E-state index in [-0.39, 0.29) is 22.2 Å². The first-order chi connectivity index (χ1) is 15.8. The highest BCUT2D eigenvalue weighted by atomic mass is 32.2. The minimum atomic E-state index is -4.08. The van der Waals surface area contributed by atoms with E-state index >= 15 is 0 Å². The van der Waals surface area contributed by atoms with Gasteiger partial charge in [-0.05, 0) is 41.5 Å². The summed E-state index contributed by atoms with van der Waals surface area (Å²) in [5.41, 5.74) is 2.82. The predicted octanol–water partition coefficient (Wildman–Crippen LogP) is 2.63. The lowest BCUT2D eigenvalue weighted by Gasteiger charge is -2.17. The summed E-state index contributed by atoms with van der Waals surface area (Å²) in [7, 11) is -1.40. The maximum Gasteiger partial charge on any atom is 0.337 e. The van der Waals surface area contributed by atoms with Crippen LogP contribution in [-0.4, -0.2) is 46.0 Å². The van der Waals surface area contributed by atoms with Crippen LogP contribution in [0, 0.1) is 0 Å². The molecule has 1 aliphatic heterocycles. The van der Waals surface area contributed by atoms with E-state index in [0.29, 0.717) is 40.9 Å². The third-order valence-corrected chi connectivity index (χ3v) is 6.61. The zero-order valence-corrected chi connectivity index (χ0v) is 18.7. The topological polar surface area (TPSA) is 124 Å². The molecule has 4 rings (SSSR count). The number of hydrogen-bond donors (Lipinski definition) is 2. The SMILES string of the molecule is COC(=O)c1ccc(-c2ccc(OC)c(S(=O)(=O)Nc3cnc4c(c3)C(=O)NCC4)c2)cc1. The molecule has 0 atom stereocenters. The van der Waals surface area contributed by atoms with Gasteiger partial charge in [0.05, 0.1) is 42.9 Å². The van der Waals surface area contributed by atoms with Gasteiger partial charge in [-0.15, -0.1) is 0 Å². The monoisotopic (exact) mass is 467 g/mol. The van der Waals surface area contributed by atoms with Crippen molar-refractivity contribution in [3.05, 3.63) is 71.5 Å². The van der Waals surface area contributed by atoms with Gasteiger partial charge in [-0.1, -0.05) is 18.2 Å². The standard InChI is InChI=1S/C23H21N3O6S/c1-31-20-8-7-16(14-3-5-15(6-4-14)23(28)32-2)11-21(20)33(29,30)26-17-12-18-19(25-13-17)9-10-24-22(18)27/h3-8,11-13,26H,9-10H2,1-2H3,(H,24,27). The molecular formula is C23H21N3O6S. The first kappa shape index (κ1) is 22.3. The molecule has 170 valence electrons.